The van der Waals surface area contributed by atoms with E-state index < -0.39 is 23.9 Å². The summed E-state index contributed by atoms with van der Waals surface area (Å²) in [5, 5.41) is -0.516. The number of ether oxygens (including phenoxy) is 2. The van der Waals surface area contributed by atoms with Crippen LogP contribution in [0.1, 0.15) is 26.7 Å². The van der Waals surface area contributed by atoms with Gasteiger partial charge in [0.25, 0.3) is 0 Å². The van der Waals surface area contributed by atoms with Gasteiger partial charge in [0.1, 0.15) is 23.0 Å². The molecule has 2 unspecified atom stereocenters. The fraction of sp³-hybridized carbons (Fsp3) is 0.688. The van der Waals surface area contributed by atoms with E-state index in [2.05, 4.69) is 9.72 Å². The Hall–Kier alpha value is -0.960. The zero-order chi connectivity index (χ0) is 19.5. The third-order valence-corrected chi connectivity index (χ3v) is 4.78. The molecule has 3 atom stereocenters. The Bertz CT molecular complexity index is 597. The minimum atomic E-state index is -4.79. The minimum Gasteiger partial charge on any atom is -0.484 e. The average Bonchev–Trinajstić information content (AvgIpc) is 2.52. The van der Waals surface area contributed by atoms with Gasteiger partial charge in [0.05, 0.1) is 5.38 Å². The Labute approximate surface area is 160 Å². The van der Waals surface area contributed by atoms with Crippen LogP contribution in [-0.4, -0.2) is 48.1 Å². The van der Waals surface area contributed by atoms with Gasteiger partial charge in [-0.25, -0.2) is 4.98 Å². The van der Waals surface area contributed by atoms with Gasteiger partial charge in [0, 0.05) is 31.4 Å². The van der Waals surface area contributed by atoms with E-state index in [0.717, 1.165) is 12.8 Å². The highest BCUT2D eigenvalue weighted by Gasteiger charge is 2.37. The maximum Gasteiger partial charge on any atom is 0.522 e. The molecule has 2 heterocycles. The zero-order valence-corrected chi connectivity index (χ0v) is 16.0. The molecule has 2 N–H and O–H groups in total. The second-order valence-corrected chi connectivity index (χ2v) is 7.37. The van der Waals surface area contributed by atoms with Crippen LogP contribution in [0.5, 0.6) is 5.75 Å². The van der Waals surface area contributed by atoms with Gasteiger partial charge >= 0.3 is 6.36 Å². The quantitative estimate of drug-likeness (QED) is 0.712. The molecule has 0 radical (unpaired) electrons. The van der Waals surface area contributed by atoms with Crippen LogP contribution < -0.4 is 15.4 Å². The van der Waals surface area contributed by atoms with E-state index in [1.54, 1.807) is 0 Å². The van der Waals surface area contributed by atoms with Crippen molar-refractivity contribution in [1.82, 2.24) is 4.98 Å². The Kier molecular flexibility index (Phi) is 7.24. The van der Waals surface area contributed by atoms with E-state index in [1.165, 1.54) is 26.1 Å². The highest BCUT2D eigenvalue weighted by atomic mass is 35.5. The highest BCUT2D eigenvalue weighted by molar-refractivity contribution is 6.34. The number of pyridine rings is 1. The molecule has 0 aromatic carbocycles. The van der Waals surface area contributed by atoms with Crippen molar-refractivity contribution < 1.29 is 22.6 Å². The van der Waals surface area contributed by atoms with Gasteiger partial charge in [-0.15, -0.1) is 24.8 Å². The average molecular weight is 416 g/mol. The van der Waals surface area contributed by atoms with Crippen molar-refractivity contribution in [2.24, 2.45) is 5.73 Å². The molecule has 0 amide bonds. The predicted molar refractivity (Wildman–Crippen MR) is 95.0 cm³/mol. The lowest BCUT2D eigenvalue weighted by molar-refractivity contribution is -0.347. The summed E-state index contributed by atoms with van der Waals surface area (Å²) >= 11 is 12.4. The molecule has 1 saturated heterocycles. The monoisotopic (exact) mass is 415 g/mol. The Morgan fingerprint density at radius 2 is 1.92 bits per heavy atom. The van der Waals surface area contributed by atoms with Crippen molar-refractivity contribution in [2.75, 3.05) is 18.0 Å². The lowest BCUT2D eigenvalue weighted by Crippen LogP contribution is -2.41. The topological polar surface area (TPSA) is 60.6 Å². The maximum atomic E-state index is 12.5. The summed E-state index contributed by atoms with van der Waals surface area (Å²) in [6.45, 7) is 4.17. The minimum absolute atomic E-state index is 0.145. The van der Waals surface area contributed by atoms with Crippen molar-refractivity contribution in [2.45, 2.75) is 56.7 Å². The van der Waals surface area contributed by atoms with Crippen molar-refractivity contribution in [3.05, 3.63) is 17.3 Å². The van der Waals surface area contributed by atoms with Gasteiger partial charge in [-0.05, 0) is 26.7 Å². The number of nitrogens with two attached hydrogens (primary N) is 1. The number of halogens is 5. The molecule has 0 saturated carbocycles. The van der Waals surface area contributed by atoms with Crippen LogP contribution in [-0.2, 0) is 4.74 Å². The third-order valence-electron chi connectivity index (χ3n) is 4.17. The van der Waals surface area contributed by atoms with Gasteiger partial charge in [-0.1, -0.05) is 11.6 Å². The lowest BCUT2D eigenvalue weighted by atomic mass is 10.1. The maximum absolute atomic E-state index is 12.5. The number of aromatic nitrogens is 1. The molecular formula is C16H22Cl2F3N3O2. The molecule has 1 aliphatic rings. The summed E-state index contributed by atoms with van der Waals surface area (Å²) in [4.78, 5) is 6.25. The third kappa shape index (κ3) is 5.77. The van der Waals surface area contributed by atoms with Crippen LogP contribution in [0.4, 0.5) is 19.0 Å². The first kappa shape index (κ1) is 21.3. The second-order valence-electron chi connectivity index (χ2n) is 6.30. The van der Waals surface area contributed by atoms with Crippen LogP contribution in [0.25, 0.3) is 0 Å². The van der Waals surface area contributed by atoms with Crippen molar-refractivity contribution in [1.29, 1.82) is 0 Å². The summed E-state index contributed by atoms with van der Waals surface area (Å²) < 4.78 is 47.3. The number of rotatable bonds is 6. The molecule has 1 fully saturated rings. The van der Waals surface area contributed by atoms with Gasteiger partial charge in [0.15, 0.2) is 5.82 Å². The van der Waals surface area contributed by atoms with Crippen LogP contribution >= 0.6 is 23.2 Å². The molecule has 26 heavy (non-hydrogen) atoms. The molecule has 2 rings (SSSR count). The number of alkyl halides is 4. The number of nitrogens with zero attached hydrogens (tertiary/aromatic N) is 2. The summed E-state index contributed by atoms with van der Waals surface area (Å²) in [5.74, 6) is 0.725. The zero-order valence-electron chi connectivity index (χ0n) is 14.5. The Balaban J connectivity index is 2.18. The van der Waals surface area contributed by atoms with Crippen molar-refractivity contribution in [3.63, 3.8) is 0 Å². The molecule has 148 valence electrons. The van der Waals surface area contributed by atoms with E-state index in [-0.39, 0.29) is 16.8 Å². The van der Waals surface area contributed by atoms with E-state index >= 15 is 0 Å². The van der Waals surface area contributed by atoms with Crippen LogP contribution in [0.2, 0.25) is 5.02 Å². The van der Waals surface area contributed by atoms with Gasteiger partial charge < -0.3 is 15.4 Å². The summed E-state index contributed by atoms with van der Waals surface area (Å²) in [5.41, 5.74) is 5.90. The molecular weight excluding hydrogens is 394 g/mol. The number of hydrogen-bond acceptors (Lipinski definition) is 5. The predicted octanol–water partition coefficient (Wildman–Crippen LogP) is 3.96. The van der Waals surface area contributed by atoms with Crippen LogP contribution in [0.3, 0.4) is 0 Å². The summed E-state index contributed by atoms with van der Waals surface area (Å²) in [7, 11) is 0. The lowest BCUT2D eigenvalue weighted by Gasteiger charge is -2.32. The normalized spacial score (nSPS) is 19.9. The fourth-order valence-electron chi connectivity index (χ4n) is 2.83. The second kappa shape index (κ2) is 8.82. The SMILES string of the molecule is CC(Cl)[C@H](Oc1ccnc(N2CCC(N)CC2)c1Cl)C(C)OC(F)(F)F. The number of hydrogen-bond donors (Lipinski definition) is 1. The summed E-state index contributed by atoms with van der Waals surface area (Å²) in [6.07, 6.45) is -4.05. The Morgan fingerprint density at radius 3 is 2.46 bits per heavy atom. The molecule has 1 aliphatic heterocycles. The Morgan fingerprint density at radius 1 is 1.31 bits per heavy atom. The van der Waals surface area contributed by atoms with Crippen LogP contribution in [0, 0.1) is 0 Å². The molecule has 0 aliphatic carbocycles. The van der Waals surface area contributed by atoms with Gasteiger partial charge in [-0.2, -0.15) is 0 Å². The molecule has 10 heteroatoms. The first-order valence-electron chi connectivity index (χ1n) is 8.28. The molecule has 0 spiro atoms. The molecule has 5 nitrogen and oxygen atoms in total. The largest absolute Gasteiger partial charge is 0.522 e. The van der Waals surface area contributed by atoms with Crippen molar-refractivity contribution >= 4 is 29.0 Å². The molecule has 1 aromatic heterocycles. The van der Waals surface area contributed by atoms with Gasteiger partial charge in [0.2, 0.25) is 0 Å². The van der Waals surface area contributed by atoms with E-state index in [9.17, 15) is 13.2 Å². The smallest absolute Gasteiger partial charge is 0.484 e. The van der Waals surface area contributed by atoms with Gasteiger partial charge in [-0.3, -0.25) is 4.74 Å². The van der Waals surface area contributed by atoms with Crippen LogP contribution in [0.15, 0.2) is 12.3 Å². The fourth-order valence-corrected chi connectivity index (χ4v) is 3.36. The molecule has 1 aromatic rings. The summed E-state index contributed by atoms with van der Waals surface area (Å²) in [6, 6.07) is 1.64. The van der Waals surface area contributed by atoms with E-state index in [1.807, 2.05) is 4.90 Å². The van der Waals surface area contributed by atoms with E-state index in [0.29, 0.717) is 18.9 Å². The van der Waals surface area contributed by atoms with Crippen molar-refractivity contribution in [3.8, 4) is 5.75 Å². The molecule has 0 bridgehead atoms. The first-order chi connectivity index (χ1) is 12.1. The highest BCUT2D eigenvalue weighted by Crippen LogP contribution is 2.35. The standard InChI is InChI=1S/C16H22Cl2F3N3O2/c1-9(17)14(10(2)26-16(19,20)21)25-12-3-6-23-15(13(12)18)24-7-4-11(22)5-8-24/h3,6,9-11,14H,4-5,7-8,22H2,1-2H3/t9?,10?,14-/m0/s1. The van der Waals surface area contributed by atoms with E-state index in [4.69, 9.17) is 33.7 Å². The number of anilines is 1. The number of piperidine rings is 1. The first-order valence-corrected chi connectivity index (χ1v) is 9.10.